The van der Waals surface area contributed by atoms with E-state index in [1.165, 1.54) is 12.1 Å². The van der Waals surface area contributed by atoms with Gasteiger partial charge in [-0.25, -0.2) is 4.79 Å². The topological polar surface area (TPSA) is 147 Å². The van der Waals surface area contributed by atoms with Crippen LogP contribution in [-0.4, -0.2) is 41.4 Å². The van der Waals surface area contributed by atoms with E-state index in [0.29, 0.717) is 17.0 Å². The Balaban J connectivity index is 1.29. The maximum absolute atomic E-state index is 12.6. The zero-order valence-corrected chi connectivity index (χ0v) is 18.5. The van der Waals surface area contributed by atoms with Crippen molar-refractivity contribution in [1.29, 1.82) is 0 Å². The van der Waals surface area contributed by atoms with E-state index in [9.17, 15) is 24.0 Å². The van der Waals surface area contributed by atoms with Crippen molar-refractivity contribution < 1.29 is 33.1 Å². The number of barbiturate groups is 1. The number of furan rings is 1. The first kappa shape index (κ1) is 22.1. The van der Waals surface area contributed by atoms with E-state index in [1.54, 1.807) is 31.2 Å². The molecule has 11 heteroatoms. The Morgan fingerprint density at radius 2 is 1.74 bits per heavy atom. The Labute approximate surface area is 198 Å². The minimum absolute atomic E-state index is 0.0296. The van der Waals surface area contributed by atoms with Crippen LogP contribution < -0.4 is 25.6 Å². The highest BCUT2D eigenvalue weighted by Gasteiger charge is 2.60. The number of hydrogen-bond acceptors (Lipinski definition) is 7. The normalized spacial score (nSPS) is 17.9. The molecule has 2 aliphatic rings. The highest BCUT2D eigenvalue weighted by atomic mass is 16.5. The summed E-state index contributed by atoms with van der Waals surface area (Å²) in [5, 5.41) is 7.62. The SMILES string of the molecule is CC(NC(=O)c1cc2ccccc2o1)Oc1ccc(N2C(=O)CCC23C(=O)NC(=O)NC3=O)cc1. The van der Waals surface area contributed by atoms with Gasteiger partial charge >= 0.3 is 6.03 Å². The average molecular weight is 476 g/mol. The second-order valence-corrected chi connectivity index (χ2v) is 8.20. The van der Waals surface area contributed by atoms with Crippen molar-refractivity contribution in [2.24, 2.45) is 0 Å². The number of anilines is 1. The van der Waals surface area contributed by atoms with E-state index in [1.807, 2.05) is 18.2 Å². The predicted octanol–water partition coefficient (Wildman–Crippen LogP) is 1.82. The molecule has 178 valence electrons. The zero-order chi connectivity index (χ0) is 24.7. The number of rotatable bonds is 5. The van der Waals surface area contributed by atoms with Gasteiger partial charge in [0.2, 0.25) is 11.4 Å². The summed E-state index contributed by atoms with van der Waals surface area (Å²) in [7, 11) is 0. The van der Waals surface area contributed by atoms with Gasteiger partial charge in [0.15, 0.2) is 12.0 Å². The largest absolute Gasteiger partial charge is 0.471 e. The number of hydrogen-bond donors (Lipinski definition) is 3. The lowest BCUT2D eigenvalue weighted by atomic mass is 9.91. The molecule has 2 saturated heterocycles. The molecule has 0 bridgehead atoms. The lowest BCUT2D eigenvalue weighted by Crippen LogP contribution is -2.72. The number of carbonyl (C=O) groups excluding carboxylic acids is 5. The number of carbonyl (C=O) groups is 5. The van der Waals surface area contributed by atoms with Gasteiger partial charge in [0.1, 0.15) is 11.3 Å². The third-order valence-corrected chi connectivity index (χ3v) is 5.93. The molecule has 35 heavy (non-hydrogen) atoms. The fourth-order valence-corrected chi connectivity index (χ4v) is 4.32. The van der Waals surface area contributed by atoms with Crippen LogP contribution in [0.1, 0.15) is 30.3 Å². The number of nitrogens with zero attached hydrogens (tertiary/aromatic N) is 1. The fourth-order valence-electron chi connectivity index (χ4n) is 4.32. The van der Waals surface area contributed by atoms with Crippen molar-refractivity contribution >= 4 is 46.3 Å². The summed E-state index contributed by atoms with van der Waals surface area (Å²) in [5.41, 5.74) is -0.944. The third-order valence-electron chi connectivity index (χ3n) is 5.93. The molecule has 0 radical (unpaired) electrons. The van der Waals surface area contributed by atoms with Gasteiger partial charge < -0.3 is 14.5 Å². The van der Waals surface area contributed by atoms with Crippen LogP contribution in [0.3, 0.4) is 0 Å². The van der Waals surface area contributed by atoms with Crippen molar-refractivity contribution in [3.63, 3.8) is 0 Å². The number of imide groups is 2. The minimum Gasteiger partial charge on any atom is -0.471 e. The second kappa shape index (κ2) is 8.28. The molecule has 3 aromatic rings. The first-order chi connectivity index (χ1) is 16.8. The molecule has 3 N–H and O–H groups in total. The van der Waals surface area contributed by atoms with Gasteiger partial charge in [-0.2, -0.15) is 0 Å². The second-order valence-electron chi connectivity index (χ2n) is 8.20. The summed E-state index contributed by atoms with van der Waals surface area (Å²) in [6.07, 6.45) is -0.805. The van der Waals surface area contributed by atoms with E-state index in [-0.39, 0.29) is 18.6 Å². The van der Waals surface area contributed by atoms with Gasteiger partial charge in [-0.05, 0) is 49.7 Å². The molecule has 1 atom stereocenters. The summed E-state index contributed by atoms with van der Waals surface area (Å²) < 4.78 is 11.3. The number of para-hydroxylation sites is 1. The number of urea groups is 1. The van der Waals surface area contributed by atoms with Crippen LogP contribution >= 0.6 is 0 Å². The molecule has 2 fully saturated rings. The first-order valence-electron chi connectivity index (χ1n) is 10.8. The standard InChI is InChI=1S/C24H20N4O7/c1-13(25-20(30)18-12-14-4-2-3-5-17(14)35-18)34-16-8-6-15(7-9-16)28-19(29)10-11-24(28)21(31)26-23(33)27-22(24)32/h2-9,12-13H,10-11H2,1H3,(H,25,30)(H2,26,27,31,32,33). The van der Waals surface area contributed by atoms with Gasteiger partial charge in [0.05, 0.1) is 0 Å². The monoisotopic (exact) mass is 476 g/mol. The lowest BCUT2D eigenvalue weighted by molar-refractivity contribution is -0.138. The summed E-state index contributed by atoms with van der Waals surface area (Å²) in [6, 6.07) is 14.1. The van der Waals surface area contributed by atoms with Gasteiger partial charge in [-0.3, -0.25) is 34.7 Å². The van der Waals surface area contributed by atoms with Crippen molar-refractivity contribution in [2.45, 2.75) is 31.5 Å². The average Bonchev–Trinajstić information content (AvgIpc) is 3.40. The third kappa shape index (κ3) is 3.76. The van der Waals surface area contributed by atoms with Crippen molar-refractivity contribution in [2.75, 3.05) is 4.90 Å². The zero-order valence-electron chi connectivity index (χ0n) is 18.5. The highest BCUT2D eigenvalue weighted by Crippen LogP contribution is 2.37. The van der Waals surface area contributed by atoms with Gasteiger partial charge in [-0.1, -0.05) is 18.2 Å². The van der Waals surface area contributed by atoms with E-state index in [0.717, 1.165) is 10.3 Å². The molecule has 11 nitrogen and oxygen atoms in total. The number of amides is 6. The molecule has 1 spiro atoms. The van der Waals surface area contributed by atoms with E-state index in [4.69, 9.17) is 9.15 Å². The molecular formula is C24H20N4O7. The molecule has 2 aromatic carbocycles. The Kier molecular flexibility index (Phi) is 5.24. The summed E-state index contributed by atoms with van der Waals surface area (Å²) in [4.78, 5) is 62.9. The van der Waals surface area contributed by atoms with E-state index >= 15 is 0 Å². The Bertz CT molecular complexity index is 1330. The van der Waals surface area contributed by atoms with Crippen LogP contribution in [0.25, 0.3) is 11.0 Å². The maximum atomic E-state index is 12.6. The maximum Gasteiger partial charge on any atom is 0.328 e. The lowest BCUT2D eigenvalue weighted by Gasteiger charge is -2.37. The molecule has 0 aliphatic carbocycles. The molecule has 5 rings (SSSR count). The molecule has 1 aromatic heterocycles. The van der Waals surface area contributed by atoms with Crippen molar-refractivity contribution in [1.82, 2.24) is 16.0 Å². The molecule has 0 saturated carbocycles. The van der Waals surface area contributed by atoms with Gasteiger partial charge in [0.25, 0.3) is 17.7 Å². The smallest absolute Gasteiger partial charge is 0.328 e. The van der Waals surface area contributed by atoms with Crippen LogP contribution in [0.4, 0.5) is 10.5 Å². The van der Waals surface area contributed by atoms with Crippen molar-refractivity contribution in [3.05, 3.63) is 60.4 Å². The summed E-state index contributed by atoms with van der Waals surface area (Å²) in [6.45, 7) is 1.64. The van der Waals surface area contributed by atoms with Gasteiger partial charge in [0, 0.05) is 17.5 Å². The van der Waals surface area contributed by atoms with E-state index in [2.05, 4.69) is 16.0 Å². The quantitative estimate of drug-likeness (QED) is 0.376. The van der Waals surface area contributed by atoms with Gasteiger partial charge in [-0.15, -0.1) is 0 Å². The summed E-state index contributed by atoms with van der Waals surface area (Å²) >= 11 is 0. The Hall–Kier alpha value is -4.67. The highest BCUT2D eigenvalue weighted by molar-refractivity contribution is 6.28. The Morgan fingerprint density at radius 1 is 1.06 bits per heavy atom. The summed E-state index contributed by atoms with van der Waals surface area (Å²) in [5.74, 6) is -2.04. The molecule has 3 heterocycles. The molecule has 6 amide bonds. The minimum atomic E-state index is -1.83. The number of ether oxygens (including phenoxy) is 1. The van der Waals surface area contributed by atoms with Crippen LogP contribution in [0.5, 0.6) is 5.75 Å². The first-order valence-corrected chi connectivity index (χ1v) is 10.8. The predicted molar refractivity (Wildman–Crippen MR) is 121 cm³/mol. The van der Waals surface area contributed by atoms with Crippen LogP contribution in [-0.2, 0) is 14.4 Å². The van der Waals surface area contributed by atoms with Crippen LogP contribution in [0.2, 0.25) is 0 Å². The molecular weight excluding hydrogens is 456 g/mol. The fraction of sp³-hybridized carbons (Fsp3) is 0.208. The Morgan fingerprint density at radius 3 is 2.43 bits per heavy atom. The number of fused-ring (bicyclic) bond motifs is 1. The van der Waals surface area contributed by atoms with Crippen LogP contribution in [0.15, 0.2) is 59.0 Å². The molecule has 2 aliphatic heterocycles. The van der Waals surface area contributed by atoms with Crippen molar-refractivity contribution in [3.8, 4) is 5.75 Å². The number of nitrogens with one attached hydrogen (secondary N) is 3. The van der Waals surface area contributed by atoms with Crippen LogP contribution in [0, 0.1) is 0 Å². The number of benzene rings is 2. The van der Waals surface area contributed by atoms with E-state index < -0.39 is 41.4 Å². The molecule has 1 unspecified atom stereocenters.